The van der Waals surface area contributed by atoms with Gasteiger partial charge in [-0.05, 0) is 35.4 Å². The van der Waals surface area contributed by atoms with Gasteiger partial charge >= 0.3 is 0 Å². The van der Waals surface area contributed by atoms with Crippen molar-refractivity contribution in [3.63, 3.8) is 0 Å². The van der Waals surface area contributed by atoms with Gasteiger partial charge in [-0.15, -0.1) is 0 Å². The highest BCUT2D eigenvalue weighted by Gasteiger charge is 2.06. The summed E-state index contributed by atoms with van der Waals surface area (Å²) in [4.78, 5) is 4.70. The van der Waals surface area contributed by atoms with E-state index >= 15 is 0 Å². The fraction of sp³-hybridized carbons (Fsp3) is 0.0556. The summed E-state index contributed by atoms with van der Waals surface area (Å²) in [5, 5.41) is 2.47. The minimum absolute atomic E-state index is 0.782. The van der Waals surface area contributed by atoms with Crippen molar-refractivity contribution in [1.82, 2.24) is 9.38 Å². The Morgan fingerprint density at radius 3 is 2.62 bits per heavy atom. The molecule has 0 atom stereocenters. The second-order valence-corrected chi connectivity index (χ2v) is 5.37. The maximum absolute atomic E-state index is 5.96. The first-order valence-electron chi connectivity index (χ1n) is 6.95. The van der Waals surface area contributed by atoms with E-state index in [1.807, 2.05) is 29.8 Å². The Hall–Kier alpha value is -2.81. The number of nitrogen functional groups attached to an aromatic ring is 1. The van der Waals surface area contributed by atoms with E-state index in [4.69, 9.17) is 10.7 Å². The van der Waals surface area contributed by atoms with Crippen molar-refractivity contribution in [3.8, 4) is 11.3 Å². The van der Waals surface area contributed by atoms with Gasteiger partial charge < -0.3 is 10.1 Å². The smallest absolute Gasteiger partial charge is 0.137 e. The van der Waals surface area contributed by atoms with Gasteiger partial charge in [0.15, 0.2) is 0 Å². The molecular formula is C18H15N3. The van der Waals surface area contributed by atoms with Crippen molar-refractivity contribution in [2.24, 2.45) is 0 Å². The number of fused-ring (bicyclic) bond motifs is 2. The van der Waals surface area contributed by atoms with Crippen LogP contribution in [0.15, 0.2) is 60.9 Å². The lowest BCUT2D eigenvalue weighted by Gasteiger charge is -2.00. The second-order valence-electron chi connectivity index (χ2n) is 5.37. The van der Waals surface area contributed by atoms with Gasteiger partial charge in [0.05, 0.1) is 11.4 Å². The summed E-state index contributed by atoms with van der Waals surface area (Å²) in [6.07, 6.45) is 3.94. The van der Waals surface area contributed by atoms with E-state index in [2.05, 4.69) is 42.5 Å². The van der Waals surface area contributed by atoms with Gasteiger partial charge in [0.2, 0.25) is 0 Å². The van der Waals surface area contributed by atoms with Crippen molar-refractivity contribution in [3.05, 3.63) is 66.5 Å². The molecule has 0 amide bonds. The molecule has 3 heteroatoms. The van der Waals surface area contributed by atoms with Gasteiger partial charge in [-0.1, -0.05) is 36.4 Å². The molecule has 2 aromatic heterocycles. The molecule has 0 aliphatic rings. The summed E-state index contributed by atoms with van der Waals surface area (Å²) < 4.78 is 1.98. The SMILES string of the molecule is Cc1cc2nc(-c3ccc4ccccc4c3)cn2cc1N. The molecule has 0 radical (unpaired) electrons. The van der Waals surface area contributed by atoms with Gasteiger partial charge in [0.1, 0.15) is 5.65 Å². The zero-order chi connectivity index (χ0) is 14.4. The third kappa shape index (κ3) is 1.94. The Morgan fingerprint density at radius 2 is 1.76 bits per heavy atom. The lowest BCUT2D eigenvalue weighted by molar-refractivity contribution is 1.18. The predicted molar refractivity (Wildman–Crippen MR) is 87.3 cm³/mol. The topological polar surface area (TPSA) is 43.3 Å². The molecule has 102 valence electrons. The monoisotopic (exact) mass is 273 g/mol. The maximum atomic E-state index is 5.96. The van der Waals surface area contributed by atoms with E-state index in [-0.39, 0.29) is 0 Å². The molecule has 2 N–H and O–H groups in total. The van der Waals surface area contributed by atoms with Crippen LogP contribution >= 0.6 is 0 Å². The lowest BCUT2D eigenvalue weighted by Crippen LogP contribution is -1.93. The fourth-order valence-electron chi connectivity index (χ4n) is 2.63. The van der Waals surface area contributed by atoms with Crippen LogP contribution in [0.4, 0.5) is 5.69 Å². The highest BCUT2D eigenvalue weighted by Crippen LogP contribution is 2.25. The van der Waals surface area contributed by atoms with E-state index in [0.717, 1.165) is 28.2 Å². The average Bonchev–Trinajstić information content (AvgIpc) is 2.90. The number of imidazole rings is 1. The molecule has 0 unspecified atom stereocenters. The van der Waals surface area contributed by atoms with Crippen LogP contribution in [-0.4, -0.2) is 9.38 Å². The van der Waals surface area contributed by atoms with Crippen LogP contribution in [0.3, 0.4) is 0 Å². The van der Waals surface area contributed by atoms with Gasteiger partial charge in [0.25, 0.3) is 0 Å². The summed E-state index contributed by atoms with van der Waals surface area (Å²) in [5.41, 5.74) is 10.8. The zero-order valence-electron chi connectivity index (χ0n) is 11.7. The Labute approximate surface area is 122 Å². The normalized spacial score (nSPS) is 11.3. The number of aromatic nitrogens is 2. The summed E-state index contributed by atoms with van der Waals surface area (Å²) in [6, 6.07) is 16.8. The molecule has 0 aliphatic heterocycles. The molecule has 21 heavy (non-hydrogen) atoms. The van der Waals surface area contributed by atoms with Gasteiger partial charge in [0, 0.05) is 18.0 Å². The van der Waals surface area contributed by atoms with Crippen LogP contribution in [0, 0.1) is 6.92 Å². The van der Waals surface area contributed by atoms with Gasteiger partial charge in [-0.25, -0.2) is 4.98 Å². The minimum Gasteiger partial charge on any atom is -0.397 e. The molecule has 0 spiro atoms. The van der Waals surface area contributed by atoms with Crippen LogP contribution in [0.2, 0.25) is 0 Å². The van der Waals surface area contributed by atoms with Crippen LogP contribution in [0.25, 0.3) is 27.7 Å². The van der Waals surface area contributed by atoms with Crippen molar-refractivity contribution < 1.29 is 0 Å². The molecule has 3 nitrogen and oxygen atoms in total. The first-order valence-corrected chi connectivity index (χ1v) is 6.95. The Kier molecular flexibility index (Phi) is 2.48. The number of nitrogens with two attached hydrogens (primary N) is 1. The molecule has 0 saturated heterocycles. The molecule has 0 saturated carbocycles. The lowest BCUT2D eigenvalue weighted by atomic mass is 10.1. The third-order valence-electron chi connectivity index (χ3n) is 3.89. The zero-order valence-corrected chi connectivity index (χ0v) is 11.7. The number of rotatable bonds is 1. The number of anilines is 1. The molecule has 2 aromatic carbocycles. The molecule has 0 aliphatic carbocycles. The summed E-state index contributed by atoms with van der Waals surface area (Å²) in [5.74, 6) is 0. The first-order chi connectivity index (χ1) is 10.2. The largest absolute Gasteiger partial charge is 0.397 e. The number of hydrogen-bond acceptors (Lipinski definition) is 2. The molecule has 0 fully saturated rings. The fourth-order valence-corrected chi connectivity index (χ4v) is 2.63. The van der Waals surface area contributed by atoms with E-state index < -0.39 is 0 Å². The van der Waals surface area contributed by atoms with Crippen LogP contribution in [-0.2, 0) is 0 Å². The highest BCUT2D eigenvalue weighted by atomic mass is 15.0. The summed E-state index contributed by atoms with van der Waals surface area (Å²) >= 11 is 0. The molecule has 0 bridgehead atoms. The molecular weight excluding hydrogens is 258 g/mol. The third-order valence-corrected chi connectivity index (χ3v) is 3.89. The first kappa shape index (κ1) is 12.0. The van der Waals surface area contributed by atoms with Crippen molar-refractivity contribution in [2.45, 2.75) is 6.92 Å². The Balaban J connectivity index is 1.91. The van der Waals surface area contributed by atoms with Crippen LogP contribution < -0.4 is 5.73 Å². The second kappa shape index (κ2) is 4.35. The van der Waals surface area contributed by atoms with E-state index in [1.54, 1.807) is 0 Å². The molecule has 4 rings (SSSR count). The van der Waals surface area contributed by atoms with E-state index in [9.17, 15) is 0 Å². The molecule has 4 aromatic rings. The number of aryl methyl sites for hydroxylation is 1. The van der Waals surface area contributed by atoms with Crippen molar-refractivity contribution in [1.29, 1.82) is 0 Å². The predicted octanol–water partition coefficient (Wildman–Crippen LogP) is 4.05. The quantitative estimate of drug-likeness (QED) is 0.568. The number of pyridine rings is 1. The van der Waals surface area contributed by atoms with Crippen LogP contribution in [0.1, 0.15) is 5.56 Å². The van der Waals surface area contributed by atoms with E-state index in [0.29, 0.717) is 0 Å². The number of benzene rings is 2. The maximum Gasteiger partial charge on any atom is 0.137 e. The summed E-state index contributed by atoms with van der Waals surface area (Å²) in [7, 11) is 0. The molecule has 2 heterocycles. The van der Waals surface area contributed by atoms with Crippen LogP contribution in [0.5, 0.6) is 0 Å². The highest BCUT2D eigenvalue weighted by molar-refractivity contribution is 5.87. The standard InChI is InChI=1S/C18H15N3/c1-12-8-18-20-17(11-21(18)10-16(12)19)15-7-6-13-4-2-3-5-14(13)9-15/h2-11H,19H2,1H3. The Bertz CT molecular complexity index is 928. The number of hydrogen-bond donors (Lipinski definition) is 1. The van der Waals surface area contributed by atoms with Crippen molar-refractivity contribution in [2.75, 3.05) is 5.73 Å². The van der Waals surface area contributed by atoms with Crippen molar-refractivity contribution >= 4 is 22.1 Å². The average molecular weight is 273 g/mol. The number of nitrogens with zero attached hydrogens (tertiary/aromatic N) is 2. The summed E-state index contributed by atoms with van der Waals surface area (Å²) in [6.45, 7) is 2.00. The van der Waals surface area contributed by atoms with Gasteiger partial charge in [-0.2, -0.15) is 0 Å². The minimum atomic E-state index is 0.782. The Morgan fingerprint density at radius 1 is 0.952 bits per heavy atom. The van der Waals surface area contributed by atoms with Gasteiger partial charge in [-0.3, -0.25) is 0 Å². The van der Waals surface area contributed by atoms with E-state index in [1.165, 1.54) is 10.8 Å².